The molecule has 0 aromatic carbocycles. The average Bonchev–Trinajstić information content (AvgIpc) is 2.17. The largest absolute Gasteiger partial charge is 0.393 e. The first-order chi connectivity index (χ1) is 6.15. The zero-order valence-electron chi connectivity index (χ0n) is 8.40. The third kappa shape index (κ3) is 3.04. The highest BCUT2D eigenvalue weighted by molar-refractivity contribution is 7.82. The Morgan fingerprint density at radius 2 is 2.08 bits per heavy atom. The summed E-state index contributed by atoms with van der Waals surface area (Å²) in [6.07, 6.45) is 1.74. The number of rotatable bonds is 3. The molecule has 1 N–H and O–H groups in total. The lowest BCUT2D eigenvalue weighted by Crippen LogP contribution is -2.38. The van der Waals surface area contributed by atoms with Crippen molar-refractivity contribution in [1.82, 2.24) is 4.31 Å². The van der Waals surface area contributed by atoms with E-state index in [0.29, 0.717) is 11.7 Å². The molecule has 1 heterocycles. The molecule has 1 aliphatic heterocycles. The van der Waals surface area contributed by atoms with Crippen LogP contribution in [-0.4, -0.2) is 38.6 Å². The van der Waals surface area contributed by atoms with Crippen LogP contribution >= 0.6 is 0 Å². The summed E-state index contributed by atoms with van der Waals surface area (Å²) in [5.41, 5.74) is 0. The average molecular weight is 205 g/mol. The first-order valence-corrected chi connectivity index (χ1v) is 6.24. The number of hydrogen-bond donors (Lipinski definition) is 1. The fourth-order valence-electron chi connectivity index (χ4n) is 1.74. The predicted molar refractivity (Wildman–Crippen MR) is 54.7 cm³/mol. The molecule has 0 bridgehead atoms. The molecular weight excluding hydrogens is 186 g/mol. The van der Waals surface area contributed by atoms with Crippen molar-refractivity contribution in [3.8, 4) is 0 Å². The molecule has 0 aromatic heterocycles. The van der Waals surface area contributed by atoms with Crippen LogP contribution in [0.2, 0.25) is 0 Å². The van der Waals surface area contributed by atoms with E-state index in [1.54, 1.807) is 0 Å². The fourth-order valence-corrected chi connectivity index (χ4v) is 2.73. The van der Waals surface area contributed by atoms with Crippen molar-refractivity contribution in [3.05, 3.63) is 0 Å². The molecule has 0 aromatic rings. The molecular formula is C9H19NO2S. The van der Waals surface area contributed by atoms with E-state index in [1.165, 1.54) is 0 Å². The maximum Gasteiger partial charge on any atom is 0.0939 e. The lowest BCUT2D eigenvalue weighted by molar-refractivity contribution is 0.0923. The third-order valence-corrected chi connectivity index (χ3v) is 4.15. The third-order valence-electron chi connectivity index (χ3n) is 2.72. The summed E-state index contributed by atoms with van der Waals surface area (Å²) >= 11 is 0. The lowest BCUT2D eigenvalue weighted by atomic mass is 9.93. The molecule has 78 valence electrons. The maximum absolute atomic E-state index is 11.4. The normalized spacial score (nSPS) is 25.8. The number of hydrogen-bond acceptors (Lipinski definition) is 2. The topological polar surface area (TPSA) is 40.5 Å². The van der Waals surface area contributed by atoms with Crippen molar-refractivity contribution < 1.29 is 9.32 Å². The van der Waals surface area contributed by atoms with Crippen LogP contribution in [0.25, 0.3) is 0 Å². The molecule has 1 saturated heterocycles. The Hall–Kier alpha value is 0.0700. The van der Waals surface area contributed by atoms with Gasteiger partial charge in [0.15, 0.2) is 0 Å². The molecule has 2 atom stereocenters. The van der Waals surface area contributed by atoms with E-state index >= 15 is 0 Å². The van der Waals surface area contributed by atoms with Gasteiger partial charge in [0.05, 0.1) is 17.1 Å². The van der Waals surface area contributed by atoms with E-state index in [9.17, 15) is 9.32 Å². The Labute approximate surface area is 82.7 Å². The summed E-state index contributed by atoms with van der Waals surface area (Å²) < 4.78 is 13.4. The second-order valence-corrected chi connectivity index (χ2v) is 5.35. The molecule has 2 unspecified atom stereocenters. The Morgan fingerprint density at radius 3 is 2.46 bits per heavy atom. The van der Waals surface area contributed by atoms with Gasteiger partial charge < -0.3 is 5.11 Å². The molecule has 1 rings (SSSR count). The maximum atomic E-state index is 11.4. The second kappa shape index (κ2) is 5.08. The van der Waals surface area contributed by atoms with E-state index < -0.39 is 11.0 Å². The molecule has 1 aliphatic rings. The van der Waals surface area contributed by atoms with Crippen LogP contribution < -0.4 is 0 Å². The number of piperidine rings is 1. The zero-order chi connectivity index (χ0) is 9.84. The number of nitrogens with zero attached hydrogens (tertiary/aromatic N) is 1. The highest BCUT2D eigenvalue weighted by Crippen LogP contribution is 2.21. The quantitative estimate of drug-likeness (QED) is 0.739. The summed E-state index contributed by atoms with van der Waals surface area (Å²) in [7, 11) is -0.790. The van der Waals surface area contributed by atoms with E-state index in [4.69, 9.17) is 0 Å². The molecule has 0 aliphatic carbocycles. The summed E-state index contributed by atoms with van der Waals surface area (Å²) in [6, 6.07) is 0. The Balaban J connectivity index is 2.34. The predicted octanol–water partition coefficient (Wildman–Crippen LogP) is 0.763. The SMILES string of the molecule is CCS(=O)N1CCC(C(C)O)CC1. The van der Waals surface area contributed by atoms with Gasteiger partial charge in [0.2, 0.25) is 0 Å². The first kappa shape index (κ1) is 11.1. The number of aliphatic hydroxyl groups is 1. The van der Waals surface area contributed by atoms with Crippen LogP contribution in [0.1, 0.15) is 26.7 Å². The molecule has 0 amide bonds. The molecule has 0 spiro atoms. The van der Waals surface area contributed by atoms with Gasteiger partial charge in [0, 0.05) is 18.8 Å². The van der Waals surface area contributed by atoms with Crippen molar-refractivity contribution in [2.24, 2.45) is 5.92 Å². The van der Waals surface area contributed by atoms with Crippen LogP contribution in [-0.2, 0) is 11.0 Å². The van der Waals surface area contributed by atoms with E-state index in [2.05, 4.69) is 0 Å². The molecule has 0 saturated carbocycles. The molecule has 4 heteroatoms. The minimum absolute atomic E-state index is 0.211. The van der Waals surface area contributed by atoms with Gasteiger partial charge in [0.25, 0.3) is 0 Å². The van der Waals surface area contributed by atoms with E-state index in [1.807, 2.05) is 18.2 Å². The molecule has 13 heavy (non-hydrogen) atoms. The highest BCUT2D eigenvalue weighted by atomic mass is 32.2. The Kier molecular flexibility index (Phi) is 4.35. The van der Waals surface area contributed by atoms with Gasteiger partial charge in [-0.1, -0.05) is 6.92 Å². The minimum Gasteiger partial charge on any atom is -0.393 e. The van der Waals surface area contributed by atoms with Crippen molar-refractivity contribution >= 4 is 11.0 Å². The Bertz CT molecular complexity index is 176. The van der Waals surface area contributed by atoms with Gasteiger partial charge in [-0.25, -0.2) is 8.51 Å². The standard InChI is InChI=1S/C9H19NO2S/c1-3-13(12)10-6-4-9(5-7-10)8(2)11/h8-9,11H,3-7H2,1-2H3. The van der Waals surface area contributed by atoms with Gasteiger partial charge in [0.1, 0.15) is 0 Å². The Morgan fingerprint density at radius 1 is 1.54 bits per heavy atom. The van der Waals surface area contributed by atoms with Gasteiger partial charge in [-0.2, -0.15) is 0 Å². The van der Waals surface area contributed by atoms with Crippen molar-refractivity contribution in [3.63, 3.8) is 0 Å². The van der Waals surface area contributed by atoms with Gasteiger partial charge in [-0.05, 0) is 25.7 Å². The smallest absolute Gasteiger partial charge is 0.0939 e. The van der Waals surface area contributed by atoms with Gasteiger partial charge in [-0.3, -0.25) is 0 Å². The highest BCUT2D eigenvalue weighted by Gasteiger charge is 2.24. The summed E-state index contributed by atoms with van der Waals surface area (Å²) in [5.74, 6) is 1.12. The van der Waals surface area contributed by atoms with Crippen molar-refractivity contribution in [2.45, 2.75) is 32.8 Å². The summed E-state index contributed by atoms with van der Waals surface area (Å²) in [5, 5.41) is 9.36. The van der Waals surface area contributed by atoms with Crippen LogP contribution in [0.15, 0.2) is 0 Å². The minimum atomic E-state index is -0.790. The van der Waals surface area contributed by atoms with Crippen LogP contribution in [0.5, 0.6) is 0 Å². The summed E-state index contributed by atoms with van der Waals surface area (Å²) in [4.78, 5) is 0. The van der Waals surface area contributed by atoms with Crippen LogP contribution in [0.3, 0.4) is 0 Å². The molecule has 0 radical (unpaired) electrons. The fraction of sp³-hybridized carbons (Fsp3) is 1.00. The van der Waals surface area contributed by atoms with Crippen molar-refractivity contribution in [1.29, 1.82) is 0 Å². The zero-order valence-corrected chi connectivity index (χ0v) is 9.22. The van der Waals surface area contributed by atoms with Crippen LogP contribution in [0.4, 0.5) is 0 Å². The monoisotopic (exact) mass is 205 g/mol. The van der Waals surface area contributed by atoms with E-state index in [-0.39, 0.29) is 6.10 Å². The molecule has 3 nitrogen and oxygen atoms in total. The van der Waals surface area contributed by atoms with E-state index in [0.717, 1.165) is 25.9 Å². The van der Waals surface area contributed by atoms with Crippen molar-refractivity contribution in [2.75, 3.05) is 18.8 Å². The first-order valence-electron chi connectivity index (χ1n) is 4.96. The summed E-state index contributed by atoms with van der Waals surface area (Å²) in [6.45, 7) is 5.53. The lowest BCUT2D eigenvalue weighted by Gasteiger charge is -2.31. The number of aliphatic hydroxyl groups excluding tert-OH is 1. The van der Waals surface area contributed by atoms with Crippen LogP contribution in [0, 0.1) is 5.92 Å². The van der Waals surface area contributed by atoms with Gasteiger partial charge >= 0.3 is 0 Å². The second-order valence-electron chi connectivity index (χ2n) is 3.62. The molecule has 1 fully saturated rings. The van der Waals surface area contributed by atoms with Gasteiger partial charge in [-0.15, -0.1) is 0 Å².